The monoisotopic (exact) mass is 940 g/mol. The number of rotatable bonds is 21. The molecule has 4 aromatic heterocycles. The Morgan fingerprint density at radius 3 is 2.58 bits per heavy atom. The van der Waals surface area contributed by atoms with Crippen LogP contribution >= 0.6 is 7.82 Å². The van der Waals surface area contributed by atoms with Gasteiger partial charge in [0.05, 0.1) is 12.2 Å². The first-order valence-electron chi connectivity index (χ1n) is 21.7. The lowest BCUT2D eigenvalue weighted by Gasteiger charge is -2.27. The molecule has 2 fully saturated rings. The van der Waals surface area contributed by atoms with Crippen LogP contribution in [-0.4, -0.2) is 99.5 Å². The number of benzene rings is 1. The summed E-state index contributed by atoms with van der Waals surface area (Å²) < 4.78 is 70.5. The van der Waals surface area contributed by atoms with Crippen molar-refractivity contribution in [3.05, 3.63) is 70.6 Å². The Morgan fingerprint density at radius 2 is 1.82 bits per heavy atom. The molecule has 0 bridgehead atoms. The number of nitrogens with zero attached hydrogens (tertiary/aromatic N) is 6. The smallest absolute Gasteiger partial charge is 0.422 e. The van der Waals surface area contributed by atoms with Gasteiger partial charge in [-0.25, -0.2) is 24.3 Å². The number of carbonyl (C=O) groups is 1. The molecule has 7 rings (SSSR count). The van der Waals surface area contributed by atoms with E-state index in [4.69, 9.17) is 23.9 Å². The number of nitrogens with two attached hydrogens (primary N) is 1. The van der Waals surface area contributed by atoms with Crippen molar-refractivity contribution in [2.75, 3.05) is 48.7 Å². The molecule has 350 valence electrons. The maximum Gasteiger partial charge on any atom is 0.472 e. The van der Waals surface area contributed by atoms with Gasteiger partial charge < -0.3 is 40.4 Å². The number of phosphoric ester groups is 1. The lowest BCUT2D eigenvalue weighted by Crippen LogP contribution is -2.39. The number of carbonyl (C=O) groups excluding carboxylic acids is 1. The fourth-order valence-electron chi connectivity index (χ4n) is 7.93. The third kappa shape index (κ3) is 11.6. The van der Waals surface area contributed by atoms with Crippen molar-refractivity contribution < 1.29 is 55.1 Å². The summed E-state index contributed by atoms with van der Waals surface area (Å²) in [6.07, 6.45) is 7.09. The van der Waals surface area contributed by atoms with Crippen LogP contribution in [0.4, 0.5) is 17.5 Å². The summed E-state index contributed by atoms with van der Waals surface area (Å²) in [6, 6.07) is 10.3. The lowest BCUT2D eigenvalue weighted by atomic mass is 10.1. The fraction of sp³-hybridized carbons (Fsp3) is 0.476. The van der Waals surface area contributed by atoms with Crippen molar-refractivity contribution in [3.63, 3.8) is 0 Å². The first kappa shape index (κ1) is 47.6. The van der Waals surface area contributed by atoms with Gasteiger partial charge in [0, 0.05) is 68.3 Å². The largest absolute Gasteiger partial charge is 0.472 e. The summed E-state index contributed by atoms with van der Waals surface area (Å²) in [7, 11) is -8.79. The van der Waals surface area contributed by atoms with Crippen LogP contribution < -0.4 is 31.5 Å². The molecule has 5 aromatic rings. The average Bonchev–Trinajstić information content (AvgIpc) is 3.79. The van der Waals surface area contributed by atoms with E-state index in [0.717, 1.165) is 49.8 Å². The predicted octanol–water partition coefficient (Wildman–Crippen LogP) is 4.19. The van der Waals surface area contributed by atoms with Gasteiger partial charge in [-0.2, -0.15) is 13.0 Å². The van der Waals surface area contributed by atoms with E-state index in [9.17, 15) is 37.1 Å². The van der Waals surface area contributed by atoms with Crippen LogP contribution in [0.2, 0.25) is 0 Å². The average molecular weight is 941 g/mol. The van der Waals surface area contributed by atoms with E-state index in [1.54, 1.807) is 28.9 Å². The van der Waals surface area contributed by atoms with E-state index in [1.165, 1.54) is 23.2 Å². The highest BCUT2D eigenvalue weighted by molar-refractivity contribution is 7.85. The molecular formula is C42H55N9O12PS+. The molecule has 0 saturated carbocycles. The summed E-state index contributed by atoms with van der Waals surface area (Å²) >= 11 is 0. The Labute approximate surface area is 375 Å². The van der Waals surface area contributed by atoms with Crippen LogP contribution in [0, 0.1) is 0 Å². The van der Waals surface area contributed by atoms with Gasteiger partial charge in [0.2, 0.25) is 17.5 Å². The van der Waals surface area contributed by atoms with Gasteiger partial charge in [-0.3, -0.25) is 23.0 Å². The molecule has 1 amide bonds. The number of aliphatic hydroxyl groups is 1. The van der Waals surface area contributed by atoms with Crippen molar-refractivity contribution in [1.82, 2.24) is 24.8 Å². The van der Waals surface area contributed by atoms with Crippen LogP contribution in [0.15, 0.2) is 63.0 Å². The van der Waals surface area contributed by atoms with Crippen LogP contribution in [0.5, 0.6) is 0 Å². The molecule has 65 heavy (non-hydrogen) atoms. The van der Waals surface area contributed by atoms with Crippen LogP contribution in [-0.2, 0) is 39.8 Å². The normalized spacial score (nSPS) is 21.0. The van der Waals surface area contributed by atoms with Crippen LogP contribution in [0.25, 0.3) is 34.3 Å². The maximum absolute atomic E-state index is 12.9. The van der Waals surface area contributed by atoms with Crippen molar-refractivity contribution in [3.8, 4) is 0 Å². The van der Waals surface area contributed by atoms with Gasteiger partial charge in [-0.05, 0) is 69.9 Å². The van der Waals surface area contributed by atoms with Gasteiger partial charge in [0.15, 0.2) is 34.3 Å². The molecule has 0 spiro atoms. The Bertz CT molecular complexity index is 2750. The van der Waals surface area contributed by atoms with Gasteiger partial charge in [-0.15, -0.1) is 0 Å². The summed E-state index contributed by atoms with van der Waals surface area (Å²) in [5.41, 5.74) is 8.52. The SMILES string of the molecule is CCN(CC)c1ccc2cc(/C=C/c3ccc(S(=O)(=O)O)c[n+]3CCCCCC(=O)NCCCCCCNc3nc4c(N)ncnc4n3[C@@H]3O[C@@H]4COP(=O)(O)O[C@H]4[C@H]3O)c(=O)oc2c1. The first-order valence-corrected chi connectivity index (χ1v) is 24.6. The van der Waals surface area contributed by atoms with Crippen molar-refractivity contribution >= 4 is 75.6 Å². The number of hydrogen-bond donors (Lipinski definition) is 6. The molecule has 5 atom stereocenters. The summed E-state index contributed by atoms with van der Waals surface area (Å²) in [4.78, 5) is 50.1. The number of anilines is 3. The Kier molecular flexibility index (Phi) is 15.3. The maximum atomic E-state index is 12.9. The van der Waals surface area contributed by atoms with Gasteiger partial charge in [-0.1, -0.05) is 12.8 Å². The number of hydrogen-bond acceptors (Lipinski definition) is 16. The van der Waals surface area contributed by atoms with E-state index in [0.29, 0.717) is 79.3 Å². The second-order valence-electron chi connectivity index (χ2n) is 15.8. The zero-order chi connectivity index (χ0) is 46.3. The predicted molar refractivity (Wildman–Crippen MR) is 240 cm³/mol. The minimum Gasteiger partial charge on any atom is -0.422 e. The molecule has 2 aliphatic heterocycles. The number of nitrogens with one attached hydrogen (secondary N) is 2. The Balaban J connectivity index is 0.836. The quantitative estimate of drug-likeness (QED) is 0.0198. The second-order valence-corrected chi connectivity index (χ2v) is 18.6. The van der Waals surface area contributed by atoms with Gasteiger partial charge in [0.25, 0.3) is 10.1 Å². The highest BCUT2D eigenvalue weighted by Crippen LogP contribution is 2.53. The lowest BCUT2D eigenvalue weighted by molar-refractivity contribution is -0.700. The minimum atomic E-state index is -4.46. The third-order valence-corrected chi connectivity index (χ3v) is 13.2. The number of amides is 1. The number of nitrogen functional groups attached to an aromatic ring is 1. The van der Waals surface area contributed by atoms with Crippen molar-refractivity contribution in [1.29, 1.82) is 0 Å². The van der Waals surface area contributed by atoms with E-state index >= 15 is 0 Å². The number of ether oxygens (including phenoxy) is 1. The topological polar surface area (TPSA) is 288 Å². The Morgan fingerprint density at radius 1 is 1.05 bits per heavy atom. The summed E-state index contributed by atoms with van der Waals surface area (Å²) in [6.45, 7) is 6.93. The number of aliphatic hydroxyl groups excluding tert-OH is 1. The minimum absolute atomic E-state index is 0.0639. The molecule has 23 heteroatoms. The molecule has 1 aromatic carbocycles. The molecule has 0 aliphatic carbocycles. The number of fused-ring (bicyclic) bond motifs is 3. The zero-order valence-electron chi connectivity index (χ0n) is 36.1. The molecule has 0 radical (unpaired) electrons. The van der Waals surface area contributed by atoms with Gasteiger partial charge in [0.1, 0.15) is 36.8 Å². The van der Waals surface area contributed by atoms with Crippen LogP contribution in [0.3, 0.4) is 0 Å². The van der Waals surface area contributed by atoms with Crippen molar-refractivity contribution in [2.24, 2.45) is 0 Å². The fourth-order valence-corrected chi connectivity index (χ4v) is 9.39. The van der Waals surface area contributed by atoms with E-state index < -0.39 is 48.1 Å². The highest BCUT2D eigenvalue weighted by atomic mass is 32.2. The number of unbranched alkanes of at least 4 members (excludes halogenated alkanes) is 5. The molecular weight excluding hydrogens is 886 g/mol. The molecule has 7 N–H and O–H groups in total. The highest BCUT2D eigenvalue weighted by Gasteiger charge is 2.53. The van der Waals surface area contributed by atoms with E-state index in [2.05, 4.69) is 44.3 Å². The number of pyridine rings is 1. The molecule has 2 aliphatic rings. The first-order chi connectivity index (χ1) is 31.2. The third-order valence-electron chi connectivity index (χ3n) is 11.4. The number of imidazole rings is 1. The molecule has 1 unspecified atom stereocenters. The standard InChI is InChI=1S/C42H54N9O12PS/c1-3-49(4-2)30-16-13-27-22-28(41(54)62-32(27)23-30)14-15-29-17-18-31(65(57,58)59)24-50(29)21-11-7-8-12-34(52)44-19-9-5-6-10-20-45-42-48-35-38(43)46-26-47-39(35)51(42)40-36(53)37-33(61-40)25-60-64(55,56)63-37/h13-18,22-24,26,33,36-37,40,53H,3-12,19-21,25H2,1-2H3,(H5-,43,44,45,46,47,48,52,55,56,57,58,59)/p+1/t33-,36-,37-,40-/m1/s1. The van der Waals surface area contributed by atoms with Gasteiger partial charge >= 0.3 is 13.4 Å². The van der Waals surface area contributed by atoms with Crippen molar-refractivity contribution in [2.45, 2.75) is 101 Å². The van der Waals surface area contributed by atoms with Crippen LogP contribution in [0.1, 0.15) is 82.7 Å². The molecule has 21 nitrogen and oxygen atoms in total. The van der Waals surface area contributed by atoms with E-state index in [-0.39, 0.29) is 23.2 Å². The van der Waals surface area contributed by atoms with E-state index in [1.807, 2.05) is 18.2 Å². The summed E-state index contributed by atoms with van der Waals surface area (Å²) in [5, 5.41) is 18.0. The molecule has 2 saturated heterocycles. The Hall–Kier alpha value is -5.32. The molecule has 6 heterocycles. The zero-order valence-corrected chi connectivity index (χ0v) is 37.8. The summed E-state index contributed by atoms with van der Waals surface area (Å²) in [5.74, 6) is 0.381. The number of aryl methyl sites for hydroxylation is 1. The second kappa shape index (κ2) is 20.9. The number of phosphoric acid groups is 1. The number of aromatic nitrogens is 5.